The Hall–Kier alpha value is -1.10. The molecule has 0 aromatic carbocycles. The van der Waals surface area contributed by atoms with Gasteiger partial charge in [0.15, 0.2) is 0 Å². The van der Waals surface area contributed by atoms with E-state index in [2.05, 4.69) is 0 Å². The first-order valence-corrected chi connectivity index (χ1v) is 5.07. The van der Waals surface area contributed by atoms with Crippen LogP contribution < -0.4 is 5.73 Å². The smallest absolute Gasteiger partial charge is 0.326 e. The maximum absolute atomic E-state index is 11.7. The second-order valence-corrected chi connectivity index (χ2v) is 3.87. The molecular weight excluding hydrogens is 196 g/mol. The summed E-state index contributed by atoms with van der Waals surface area (Å²) in [6, 6.07) is -1.46. The number of rotatable bonds is 5. The van der Waals surface area contributed by atoms with E-state index >= 15 is 0 Å². The Morgan fingerprint density at radius 2 is 1.87 bits per heavy atom. The van der Waals surface area contributed by atoms with Gasteiger partial charge in [0.25, 0.3) is 0 Å². The second-order valence-electron chi connectivity index (χ2n) is 3.87. The van der Waals surface area contributed by atoms with E-state index in [0.29, 0.717) is 0 Å². The molecule has 1 unspecified atom stereocenters. The topological polar surface area (TPSA) is 83.6 Å². The Morgan fingerprint density at radius 1 is 1.40 bits per heavy atom. The summed E-state index contributed by atoms with van der Waals surface area (Å²) in [6.07, 6.45) is 0.794. The van der Waals surface area contributed by atoms with E-state index < -0.39 is 18.1 Å². The first-order valence-electron chi connectivity index (χ1n) is 5.07. The molecule has 0 fully saturated rings. The number of likely N-dealkylation sites (N-methyl/N-ethyl adjacent to an activating group) is 1. The normalized spacial score (nSPS) is 16.6. The lowest BCUT2D eigenvalue weighted by molar-refractivity contribution is -0.149. The highest BCUT2D eigenvalue weighted by atomic mass is 16.4. The lowest BCUT2D eigenvalue weighted by Gasteiger charge is -2.27. The van der Waals surface area contributed by atoms with Crippen molar-refractivity contribution in [3.8, 4) is 0 Å². The molecule has 1 amide bonds. The summed E-state index contributed by atoms with van der Waals surface area (Å²) in [7, 11) is 1.46. The molecule has 0 aliphatic heterocycles. The zero-order valence-corrected chi connectivity index (χ0v) is 9.73. The van der Waals surface area contributed by atoms with E-state index in [4.69, 9.17) is 10.8 Å². The van der Waals surface area contributed by atoms with Gasteiger partial charge in [0.2, 0.25) is 5.91 Å². The Kier molecular flexibility index (Phi) is 5.28. The van der Waals surface area contributed by atoms with E-state index in [-0.39, 0.29) is 11.8 Å². The highest BCUT2D eigenvalue weighted by Crippen LogP contribution is 2.09. The average Bonchev–Trinajstić information content (AvgIpc) is 2.23. The first-order chi connectivity index (χ1) is 6.82. The zero-order valence-electron chi connectivity index (χ0n) is 9.73. The van der Waals surface area contributed by atoms with Crippen LogP contribution in [-0.2, 0) is 9.59 Å². The fourth-order valence-corrected chi connectivity index (χ4v) is 1.09. The molecule has 3 N–H and O–H groups in total. The second kappa shape index (κ2) is 5.70. The molecule has 0 spiro atoms. The molecule has 0 heterocycles. The lowest BCUT2D eigenvalue weighted by Crippen LogP contribution is -2.50. The quantitative estimate of drug-likeness (QED) is 0.692. The van der Waals surface area contributed by atoms with Crippen molar-refractivity contribution in [2.75, 3.05) is 7.05 Å². The predicted octanol–water partition coefficient (Wildman–Crippen LogP) is 0.291. The van der Waals surface area contributed by atoms with Crippen molar-refractivity contribution in [3.63, 3.8) is 0 Å². The Bertz CT molecular complexity index is 243. The summed E-state index contributed by atoms with van der Waals surface area (Å²) < 4.78 is 0. The van der Waals surface area contributed by atoms with E-state index in [0.717, 1.165) is 6.42 Å². The van der Waals surface area contributed by atoms with Gasteiger partial charge in [-0.25, -0.2) is 4.79 Å². The van der Waals surface area contributed by atoms with Crippen LogP contribution in [0.25, 0.3) is 0 Å². The van der Waals surface area contributed by atoms with Gasteiger partial charge in [0.05, 0.1) is 6.04 Å². The Morgan fingerprint density at radius 3 is 2.20 bits per heavy atom. The van der Waals surface area contributed by atoms with Gasteiger partial charge in [-0.1, -0.05) is 20.3 Å². The van der Waals surface area contributed by atoms with Crippen LogP contribution in [0.3, 0.4) is 0 Å². The molecule has 0 aromatic heterocycles. The van der Waals surface area contributed by atoms with E-state index in [1.165, 1.54) is 18.9 Å². The Labute approximate surface area is 90.2 Å². The van der Waals surface area contributed by atoms with Crippen LogP contribution in [0, 0.1) is 5.92 Å². The molecule has 0 saturated carbocycles. The van der Waals surface area contributed by atoms with Gasteiger partial charge >= 0.3 is 5.97 Å². The summed E-state index contributed by atoms with van der Waals surface area (Å²) in [4.78, 5) is 23.6. The summed E-state index contributed by atoms with van der Waals surface area (Å²) in [5.74, 6) is -1.29. The van der Waals surface area contributed by atoms with Crippen molar-refractivity contribution in [2.24, 2.45) is 11.7 Å². The van der Waals surface area contributed by atoms with Crippen LogP contribution in [0.4, 0.5) is 0 Å². The summed E-state index contributed by atoms with van der Waals surface area (Å²) in [6.45, 7) is 5.28. The summed E-state index contributed by atoms with van der Waals surface area (Å²) >= 11 is 0. The predicted molar refractivity (Wildman–Crippen MR) is 57.3 cm³/mol. The van der Waals surface area contributed by atoms with Crippen molar-refractivity contribution in [3.05, 3.63) is 0 Å². The van der Waals surface area contributed by atoms with Crippen LogP contribution in [0.2, 0.25) is 0 Å². The number of hydrogen-bond donors (Lipinski definition) is 2. The van der Waals surface area contributed by atoms with Gasteiger partial charge in [-0.05, 0) is 12.8 Å². The average molecular weight is 216 g/mol. The van der Waals surface area contributed by atoms with Crippen LogP contribution in [0.15, 0.2) is 0 Å². The number of amides is 1. The molecule has 0 saturated heterocycles. The number of carboxylic acids is 1. The molecule has 3 atom stereocenters. The number of hydrogen-bond acceptors (Lipinski definition) is 3. The van der Waals surface area contributed by atoms with Gasteiger partial charge in [-0.3, -0.25) is 4.79 Å². The third-order valence-corrected chi connectivity index (χ3v) is 2.83. The minimum atomic E-state index is -1.03. The number of nitrogens with two attached hydrogens (primary N) is 1. The first kappa shape index (κ1) is 13.9. The molecule has 0 radical (unpaired) electrons. The summed E-state index contributed by atoms with van der Waals surface area (Å²) in [5.41, 5.74) is 5.73. The lowest BCUT2D eigenvalue weighted by atomic mass is 9.98. The Balaban J connectivity index is 4.50. The van der Waals surface area contributed by atoms with Crippen LogP contribution in [0.1, 0.15) is 27.2 Å². The van der Waals surface area contributed by atoms with Crippen molar-refractivity contribution in [2.45, 2.75) is 39.3 Å². The molecule has 0 rings (SSSR count). The van der Waals surface area contributed by atoms with Crippen molar-refractivity contribution in [1.29, 1.82) is 0 Å². The van der Waals surface area contributed by atoms with Gasteiger partial charge in [0.1, 0.15) is 6.04 Å². The molecule has 0 aliphatic carbocycles. The minimum Gasteiger partial charge on any atom is -0.480 e. The van der Waals surface area contributed by atoms with Crippen molar-refractivity contribution >= 4 is 11.9 Å². The van der Waals surface area contributed by atoms with Gasteiger partial charge in [-0.15, -0.1) is 0 Å². The maximum atomic E-state index is 11.7. The van der Waals surface area contributed by atoms with Gasteiger partial charge in [0, 0.05) is 7.05 Å². The standard InChI is InChI=1S/C10H20N2O3/c1-5-6(2)8(11)9(13)12(4)7(3)10(14)15/h6-8H,5,11H2,1-4H3,(H,14,15)/t6-,7?,8-/m0/s1. The van der Waals surface area contributed by atoms with Crippen molar-refractivity contribution in [1.82, 2.24) is 4.90 Å². The maximum Gasteiger partial charge on any atom is 0.326 e. The van der Waals surface area contributed by atoms with E-state index in [1.807, 2.05) is 13.8 Å². The molecule has 0 aliphatic rings. The minimum absolute atomic E-state index is 0.0564. The molecule has 5 heteroatoms. The number of carboxylic acid groups (broad SMARTS) is 1. The highest BCUT2D eigenvalue weighted by molar-refractivity contribution is 5.86. The van der Waals surface area contributed by atoms with E-state index in [1.54, 1.807) is 0 Å². The van der Waals surface area contributed by atoms with Crippen LogP contribution in [-0.4, -0.2) is 41.0 Å². The molecule has 88 valence electrons. The summed E-state index contributed by atoms with van der Waals surface area (Å²) in [5, 5.41) is 8.74. The molecule has 5 nitrogen and oxygen atoms in total. The fourth-order valence-electron chi connectivity index (χ4n) is 1.09. The largest absolute Gasteiger partial charge is 0.480 e. The highest BCUT2D eigenvalue weighted by Gasteiger charge is 2.28. The van der Waals surface area contributed by atoms with Gasteiger partial charge < -0.3 is 15.7 Å². The number of aliphatic carboxylic acids is 1. The molecule has 0 aromatic rings. The zero-order chi connectivity index (χ0) is 12.2. The number of carbonyl (C=O) groups excluding carboxylic acids is 1. The van der Waals surface area contributed by atoms with Gasteiger partial charge in [-0.2, -0.15) is 0 Å². The third-order valence-electron chi connectivity index (χ3n) is 2.83. The van der Waals surface area contributed by atoms with E-state index in [9.17, 15) is 9.59 Å². The monoisotopic (exact) mass is 216 g/mol. The number of carbonyl (C=O) groups is 2. The molecule has 0 bridgehead atoms. The van der Waals surface area contributed by atoms with Crippen LogP contribution in [0.5, 0.6) is 0 Å². The van der Waals surface area contributed by atoms with Crippen molar-refractivity contribution < 1.29 is 14.7 Å². The van der Waals surface area contributed by atoms with Crippen LogP contribution >= 0.6 is 0 Å². The third kappa shape index (κ3) is 3.51. The SMILES string of the molecule is CC[C@H](C)[C@H](N)C(=O)N(C)C(C)C(=O)O. The number of nitrogens with zero attached hydrogens (tertiary/aromatic N) is 1. The fraction of sp³-hybridized carbons (Fsp3) is 0.800. The molecule has 15 heavy (non-hydrogen) atoms. The molecular formula is C10H20N2O3.